The van der Waals surface area contributed by atoms with Crippen molar-refractivity contribution in [2.45, 2.75) is 126 Å². The molecule has 11 heteroatoms. The van der Waals surface area contributed by atoms with E-state index in [1.165, 1.54) is 0 Å². The maximum Gasteiger partial charge on any atom is 0.475 e. The number of hydrogen-bond donors (Lipinski definition) is 1. The Hall–Kier alpha value is -0.600. The number of nitriles is 1. The predicted molar refractivity (Wildman–Crippen MR) is 174 cm³/mol. The van der Waals surface area contributed by atoms with Crippen LogP contribution in [0.4, 0.5) is 0 Å². The van der Waals surface area contributed by atoms with Crippen molar-refractivity contribution < 1.29 is 42.2 Å². The highest BCUT2D eigenvalue weighted by atomic mass is 31.2. The second-order valence-electron chi connectivity index (χ2n) is 14.0. The molecule has 2 heterocycles. The predicted octanol–water partition coefficient (Wildman–Crippen LogP) is 7.45. The lowest BCUT2D eigenvalue weighted by atomic mass is 9.86. The molecule has 0 spiro atoms. The van der Waals surface area contributed by atoms with Crippen LogP contribution in [-0.4, -0.2) is 69.0 Å². The molecule has 0 aromatic carbocycles. The van der Waals surface area contributed by atoms with Gasteiger partial charge in [0.05, 0.1) is 51.1 Å². The van der Waals surface area contributed by atoms with Gasteiger partial charge in [0.25, 0.3) is 0 Å². The van der Waals surface area contributed by atoms with Gasteiger partial charge in [0.15, 0.2) is 12.6 Å². The smallest absolute Gasteiger partial charge is 0.396 e. The minimum atomic E-state index is -4.03. The maximum atomic E-state index is 14.0. The van der Waals surface area contributed by atoms with Crippen molar-refractivity contribution >= 4 is 7.82 Å². The lowest BCUT2D eigenvalue weighted by molar-refractivity contribution is -0.158. The van der Waals surface area contributed by atoms with Crippen molar-refractivity contribution in [3.8, 4) is 6.07 Å². The number of phosphoric acid groups is 1. The molecular formula is C34H64NO9P. The number of phosphoric ester groups is 1. The third kappa shape index (κ3) is 11.5. The maximum absolute atomic E-state index is 14.0. The molecule has 0 bridgehead atoms. The quantitative estimate of drug-likeness (QED) is 0.0979. The Morgan fingerprint density at radius 3 is 1.78 bits per heavy atom. The van der Waals surface area contributed by atoms with Crippen LogP contribution < -0.4 is 0 Å². The molecule has 2 rings (SSSR count). The molecule has 45 heavy (non-hydrogen) atoms. The molecule has 0 radical (unpaired) electrons. The first-order valence-electron chi connectivity index (χ1n) is 17.3. The van der Waals surface area contributed by atoms with E-state index in [1.54, 1.807) is 0 Å². The minimum absolute atomic E-state index is 0.0319. The van der Waals surface area contributed by atoms with Crippen molar-refractivity contribution in [2.24, 2.45) is 53.3 Å². The van der Waals surface area contributed by atoms with Gasteiger partial charge in [0.1, 0.15) is 6.10 Å². The largest absolute Gasteiger partial charge is 0.475 e. The number of hydrogen-bond acceptors (Lipinski definition) is 10. The van der Waals surface area contributed by atoms with Crippen LogP contribution in [0.15, 0.2) is 0 Å². The summed E-state index contributed by atoms with van der Waals surface area (Å²) >= 11 is 0. The lowest BCUT2D eigenvalue weighted by Crippen LogP contribution is -2.31. The lowest BCUT2D eigenvalue weighted by Gasteiger charge is -2.30. The molecule has 0 aliphatic carbocycles. The first kappa shape index (κ1) is 40.6. The van der Waals surface area contributed by atoms with E-state index in [0.717, 1.165) is 6.42 Å². The summed E-state index contributed by atoms with van der Waals surface area (Å²) in [5.74, 6) is 1.68. The summed E-state index contributed by atoms with van der Waals surface area (Å²) in [5.41, 5.74) is 0. The number of nitrogens with zero attached hydrogens (tertiary/aromatic N) is 1. The monoisotopic (exact) mass is 661 g/mol. The van der Waals surface area contributed by atoms with E-state index in [1.807, 2.05) is 26.8 Å². The van der Waals surface area contributed by atoms with Gasteiger partial charge in [-0.1, -0.05) is 76.2 Å². The Morgan fingerprint density at radius 2 is 1.27 bits per heavy atom. The molecule has 0 aromatic heterocycles. The van der Waals surface area contributed by atoms with Crippen LogP contribution in [0.5, 0.6) is 0 Å². The zero-order chi connectivity index (χ0) is 33.9. The zero-order valence-corrected chi connectivity index (χ0v) is 30.7. The van der Waals surface area contributed by atoms with E-state index in [-0.39, 0.29) is 86.2 Å². The fourth-order valence-corrected chi connectivity index (χ4v) is 7.67. The highest BCUT2D eigenvalue weighted by Gasteiger charge is 2.47. The third-order valence-electron chi connectivity index (χ3n) is 10.7. The molecule has 2 fully saturated rings. The summed E-state index contributed by atoms with van der Waals surface area (Å²) < 4.78 is 56.6. The van der Waals surface area contributed by atoms with Crippen molar-refractivity contribution in [2.75, 3.05) is 33.0 Å². The van der Waals surface area contributed by atoms with Crippen molar-refractivity contribution in [1.82, 2.24) is 0 Å². The molecule has 264 valence electrons. The van der Waals surface area contributed by atoms with Gasteiger partial charge >= 0.3 is 7.82 Å². The van der Waals surface area contributed by atoms with Gasteiger partial charge < -0.3 is 24.1 Å². The first-order valence-corrected chi connectivity index (χ1v) is 18.8. The minimum Gasteiger partial charge on any atom is -0.396 e. The highest BCUT2D eigenvalue weighted by Crippen LogP contribution is 2.54. The molecule has 2 aliphatic heterocycles. The molecule has 0 saturated carbocycles. The van der Waals surface area contributed by atoms with E-state index < -0.39 is 20.2 Å². The van der Waals surface area contributed by atoms with Gasteiger partial charge in [-0.2, -0.15) is 5.26 Å². The Kier molecular flexibility index (Phi) is 17.5. The van der Waals surface area contributed by atoms with E-state index in [0.29, 0.717) is 31.5 Å². The van der Waals surface area contributed by atoms with Crippen molar-refractivity contribution in [1.29, 1.82) is 5.26 Å². The Morgan fingerprint density at radius 1 is 0.756 bits per heavy atom. The standard InChI is InChI=1S/C34H64NO9P/c1-12-30-27(9)28(10)33(42-30)38-19-23(5)26(8)24(6)20-41-45(37,40-16-14-15-35)44-32-29(11)34(43-31(32)13-2)39-18-22(4)25(7)21(3)17-36/h21-34,36H,12-14,16-20H2,1-11H3/t21?,22?,23?,24?,25?,26?,27?,28-,29-,30+,31+,32?,33+,34+,45?/m0/s1. The molecule has 1 N–H and O–H groups in total. The summed E-state index contributed by atoms with van der Waals surface area (Å²) in [7, 11) is -4.03. The van der Waals surface area contributed by atoms with Crippen LogP contribution >= 0.6 is 7.82 Å². The van der Waals surface area contributed by atoms with E-state index >= 15 is 0 Å². The average molecular weight is 662 g/mol. The summed E-state index contributed by atoms with van der Waals surface area (Å²) in [6.07, 6.45) is 0.258. The highest BCUT2D eigenvalue weighted by molar-refractivity contribution is 7.48. The second-order valence-corrected chi connectivity index (χ2v) is 15.6. The van der Waals surface area contributed by atoms with Crippen molar-refractivity contribution in [3.63, 3.8) is 0 Å². The Bertz CT molecular complexity index is 934. The number of rotatable bonds is 21. The topological polar surface area (TPSA) is 126 Å². The Labute approximate surface area is 273 Å². The fraction of sp³-hybridized carbons (Fsp3) is 0.971. The normalized spacial score (nSPS) is 34.0. The van der Waals surface area contributed by atoms with E-state index in [9.17, 15) is 9.67 Å². The van der Waals surface area contributed by atoms with Gasteiger partial charge in [-0.25, -0.2) is 4.57 Å². The van der Waals surface area contributed by atoms with Crippen molar-refractivity contribution in [3.05, 3.63) is 0 Å². The number of aliphatic hydroxyl groups is 1. The fourth-order valence-electron chi connectivity index (χ4n) is 6.11. The second kappa shape index (κ2) is 19.4. The van der Waals surface area contributed by atoms with Crippen LogP contribution in [0.1, 0.15) is 95.4 Å². The first-order chi connectivity index (χ1) is 21.2. The van der Waals surface area contributed by atoms with Crippen LogP contribution in [0, 0.1) is 64.6 Å². The van der Waals surface area contributed by atoms with Gasteiger partial charge in [0.2, 0.25) is 0 Å². The molecule has 0 aromatic rings. The van der Waals surface area contributed by atoms with Crippen LogP contribution in [0.25, 0.3) is 0 Å². The summed E-state index contributed by atoms with van der Waals surface area (Å²) in [6, 6.07) is 2.02. The molecule has 15 atom stereocenters. The van der Waals surface area contributed by atoms with Gasteiger partial charge in [-0.3, -0.25) is 13.6 Å². The Balaban J connectivity index is 2.00. The van der Waals surface area contributed by atoms with Crippen LogP contribution in [-0.2, 0) is 37.1 Å². The molecule has 2 saturated heterocycles. The number of aliphatic hydroxyl groups excluding tert-OH is 1. The van der Waals surface area contributed by atoms with Gasteiger partial charge in [0, 0.05) is 18.4 Å². The molecule has 10 nitrogen and oxygen atoms in total. The third-order valence-corrected chi connectivity index (χ3v) is 12.2. The zero-order valence-electron chi connectivity index (χ0n) is 29.8. The van der Waals surface area contributed by atoms with E-state index in [2.05, 4.69) is 55.4 Å². The molecule has 0 amide bonds. The molecule has 9 unspecified atom stereocenters. The van der Waals surface area contributed by atoms with Crippen LogP contribution in [0.3, 0.4) is 0 Å². The summed E-state index contributed by atoms with van der Waals surface area (Å²) in [5, 5.41) is 18.6. The van der Waals surface area contributed by atoms with Gasteiger partial charge in [-0.05, 0) is 54.3 Å². The van der Waals surface area contributed by atoms with E-state index in [4.69, 9.17) is 37.8 Å². The number of ether oxygens (including phenoxy) is 4. The molecular weight excluding hydrogens is 597 g/mol. The SMILES string of the molecule is CC[C@H]1O[C@@H](OCC(C)C(C)C(C)COP(=O)(OCCC#N)OC2[C@@H](CC)O[C@@H](OCC(C)C(C)C(C)CO)[C@H]2C)[C@@H](C)C1C. The van der Waals surface area contributed by atoms with Gasteiger partial charge in [-0.15, -0.1) is 0 Å². The average Bonchev–Trinajstić information content (AvgIpc) is 3.49. The summed E-state index contributed by atoms with van der Waals surface area (Å²) in [4.78, 5) is 0. The molecule has 2 aliphatic rings. The van der Waals surface area contributed by atoms with Crippen LogP contribution in [0.2, 0.25) is 0 Å². The summed E-state index contributed by atoms with van der Waals surface area (Å²) in [6.45, 7) is 24.4.